The summed E-state index contributed by atoms with van der Waals surface area (Å²) in [6.07, 6.45) is -0.828. The largest absolute Gasteiger partial charge is 0.481 e. The summed E-state index contributed by atoms with van der Waals surface area (Å²) in [6.45, 7) is 0. The van der Waals surface area contributed by atoms with Crippen LogP contribution in [0.3, 0.4) is 0 Å². The Bertz CT molecular complexity index is 996. The van der Waals surface area contributed by atoms with Gasteiger partial charge in [-0.3, -0.25) is 13.7 Å². The van der Waals surface area contributed by atoms with E-state index in [0.717, 1.165) is 5.39 Å². The Hall–Kier alpha value is -2.91. The molecule has 25 heavy (non-hydrogen) atoms. The Balaban J connectivity index is 2.15. The number of benzene rings is 2. The normalized spacial score (nSPS) is 13.6. The average Bonchev–Trinajstić information content (AvgIpc) is 2.91. The molecule has 0 saturated carbocycles. The Morgan fingerprint density at radius 2 is 1.76 bits per heavy atom. The highest BCUT2D eigenvalue weighted by Crippen LogP contribution is 2.32. The van der Waals surface area contributed by atoms with Gasteiger partial charge in [0.2, 0.25) is 0 Å². The highest BCUT2D eigenvalue weighted by Gasteiger charge is 2.32. The van der Waals surface area contributed by atoms with Crippen LogP contribution in [0.2, 0.25) is 0 Å². The van der Waals surface area contributed by atoms with E-state index in [-0.39, 0.29) is 5.69 Å². The van der Waals surface area contributed by atoms with Crippen molar-refractivity contribution in [3.63, 3.8) is 0 Å². The Morgan fingerprint density at radius 1 is 1.08 bits per heavy atom. The number of nitrogens with zero attached hydrogens (tertiary/aromatic N) is 1. The number of furan rings is 1. The molecule has 2 atom stereocenters. The standard InChI is InChI=1S/C16H13NO7S/c18-15(19)8-12(16(20)21)17(25(22)23)9-5-6-14-11(7-9)10-3-1-2-4-13(10)24-14/h1-7,12H,8H2,(H,18,19)(H,20,21)(H,22,23). The maximum atomic E-state index is 11.7. The molecule has 0 fully saturated rings. The van der Waals surface area contributed by atoms with E-state index in [4.69, 9.17) is 9.52 Å². The second-order valence-corrected chi connectivity index (χ2v) is 6.14. The van der Waals surface area contributed by atoms with Crippen LogP contribution in [-0.2, 0) is 20.9 Å². The molecule has 0 aliphatic carbocycles. The molecule has 130 valence electrons. The Morgan fingerprint density at radius 3 is 2.40 bits per heavy atom. The predicted molar refractivity (Wildman–Crippen MR) is 90.6 cm³/mol. The van der Waals surface area contributed by atoms with Crippen molar-refractivity contribution in [2.75, 3.05) is 4.31 Å². The first-order chi connectivity index (χ1) is 11.9. The van der Waals surface area contributed by atoms with Crippen molar-refractivity contribution < 1.29 is 33.0 Å². The number of anilines is 1. The molecule has 9 heteroatoms. The predicted octanol–water partition coefficient (Wildman–Crippen LogP) is 2.46. The van der Waals surface area contributed by atoms with E-state index >= 15 is 0 Å². The topological polar surface area (TPSA) is 128 Å². The van der Waals surface area contributed by atoms with E-state index in [1.807, 2.05) is 0 Å². The van der Waals surface area contributed by atoms with Crippen molar-refractivity contribution in [2.45, 2.75) is 12.5 Å². The first-order valence-corrected chi connectivity index (χ1v) is 8.21. The number of carbonyl (C=O) groups is 2. The number of para-hydroxylation sites is 1. The summed E-state index contributed by atoms with van der Waals surface area (Å²) in [5, 5.41) is 19.6. The summed E-state index contributed by atoms with van der Waals surface area (Å²) in [5.41, 5.74) is 1.25. The lowest BCUT2D eigenvalue weighted by molar-refractivity contribution is -0.144. The molecule has 1 aromatic heterocycles. The molecule has 0 amide bonds. The number of hydrogen-bond acceptors (Lipinski definition) is 4. The molecule has 8 nitrogen and oxygen atoms in total. The van der Waals surface area contributed by atoms with Crippen molar-refractivity contribution >= 4 is 50.8 Å². The number of carboxylic acid groups (broad SMARTS) is 2. The third-order valence-corrected chi connectivity index (χ3v) is 4.52. The highest BCUT2D eigenvalue weighted by atomic mass is 32.2. The lowest BCUT2D eigenvalue weighted by Crippen LogP contribution is -2.43. The minimum atomic E-state index is -2.73. The second-order valence-electron chi connectivity index (χ2n) is 5.29. The maximum Gasteiger partial charge on any atom is 0.328 e. The molecular formula is C16H13NO7S. The summed E-state index contributed by atoms with van der Waals surface area (Å²) >= 11 is -2.73. The number of fused-ring (bicyclic) bond motifs is 3. The number of rotatable bonds is 6. The average molecular weight is 363 g/mol. The van der Waals surface area contributed by atoms with Crippen molar-refractivity contribution in [1.29, 1.82) is 0 Å². The smallest absolute Gasteiger partial charge is 0.328 e. The zero-order valence-electron chi connectivity index (χ0n) is 12.7. The molecule has 2 aromatic carbocycles. The molecule has 3 N–H and O–H groups in total. The molecule has 0 spiro atoms. The minimum Gasteiger partial charge on any atom is -0.481 e. The van der Waals surface area contributed by atoms with E-state index in [9.17, 15) is 23.5 Å². The second kappa shape index (κ2) is 6.54. The fourth-order valence-corrected chi connectivity index (χ4v) is 3.34. The molecule has 2 unspecified atom stereocenters. The van der Waals surface area contributed by atoms with Crippen LogP contribution in [0, 0.1) is 0 Å². The summed E-state index contributed by atoms with van der Waals surface area (Å²) in [7, 11) is 0. The van der Waals surface area contributed by atoms with Gasteiger partial charge in [-0.2, -0.15) is 0 Å². The van der Waals surface area contributed by atoms with Gasteiger partial charge in [0.1, 0.15) is 11.2 Å². The van der Waals surface area contributed by atoms with Gasteiger partial charge in [-0.1, -0.05) is 18.2 Å². The zero-order chi connectivity index (χ0) is 18.1. The quantitative estimate of drug-likeness (QED) is 0.574. The summed E-state index contributed by atoms with van der Waals surface area (Å²) in [4.78, 5) is 22.3. The van der Waals surface area contributed by atoms with Crippen molar-refractivity contribution in [2.24, 2.45) is 0 Å². The SMILES string of the molecule is O=C(O)CC(C(=O)O)N(c1ccc2oc3ccccc3c2c1)S(=O)O. The summed E-state index contributed by atoms with van der Waals surface area (Å²) in [5.74, 6) is -2.90. The molecular weight excluding hydrogens is 350 g/mol. The monoisotopic (exact) mass is 363 g/mol. The van der Waals surface area contributed by atoms with Crippen molar-refractivity contribution in [3.05, 3.63) is 42.5 Å². The van der Waals surface area contributed by atoms with Crippen LogP contribution in [0.1, 0.15) is 6.42 Å². The molecule has 0 aliphatic heterocycles. The van der Waals surface area contributed by atoms with Crippen LogP contribution in [0.4, 0.5) is 5.69 Å². The van der Waals surface area contributed by atoms with E-state index < -0.39 is 35.7 Å². The van der Waals surface area contributed by atoms with Crippen LogP contribution in [0.5, 0.6) is 0 Å². The van der Waals surface area contributed by atoms with Gasteiger partial charge in [-0.05, 0) is 24.3 Å². The zero-order valence-corrected chi connectivity index (χ0v) is 13.5. The number of aliphatic carboxylic acids is 2. The molecule has 0 saturated heterocycles. The molecule has 3 rings (SSSR count). The van der Waals surface area contributed by atoms with Gasteiger partial charge in [-0.15, -0.1) is 0 Å². The summed E-state index contributed by atoms with van der Waals surface area (Å²) < 4.78 is 27.6. The van der Waals surface area contributed by atoms with Gasteiger partial charge in [0, 0.05) is 10.8 Å². The maximum absolute atomic E-state index is 11.7. The van der Waals surface area contributed by atoms with Gasteiger partial charge >= 0.3 is 11.9 Å². The molecule has 0 bridgehead atoms. The molecule has 3 aromatic rings. The molecule has 0 radical (unpaired) electrons. The first-order valence-electron chi connectivity index (χ1n) is 7.14. The van der Waals surface area contributed by atoms with E-state index in [0.29, 0.717) is 20.9 Å². The fraction of sp³-hybridized carbons (Fsp3) is 0.125. The van der Waals surface area contributed by atoms with Gasteiger partial charge in [0.15, 0.2) is 6.04 Å². The first kappa shape index (κ1) is 16.9. The van der Waals surface area contributed by atoms with Gasteiger partial charge in [-0.25, -0.2) is 9.00 Å². The van der Waals surface area contributed by atoms with E-state index in [2.05, 4.69) is 0 Å². The molecule has 1 heterocycles. The van der Waals surface area contributed by atoms with Crippen LogP contribution >= 0.6 is 0 Å². The van der Waals surface area contributed by atoms with Gasteiger partial charge in [0.05, 0.1) is 12.1 Å². The van der Waals surface area contributed by atoms with E-state index in [1.54, 1.807) is 30.3 Å². The fourth-order valence-electron chi connectivity index (χ4n) is 2.67. The summed E-state index contributed by atoms with van der Waals surface area (Å²) in [6, 6.07) is 9.94. The van der Waals surface area contributed by atoms with Crippen molar-refractivity contribution in [3.8, 4) is 0 Å². The lowest BCUT2D eigenvalue weighted by Gasteiger charge is -2.25. The third kappa shape index (κ3) is 3.19. The number of carboxylic acids is 2. The van der Waals surface area contributed by atoms with Crippen molar-refractivity contribution in [1.82, 2.24) is 0 Å². The number of hydrogen-bond donors (Lipinski definition) is 3. The molecule has 0 aliphatic rings. The highest BCUT2D eigenvalue weighted by molar-refractivity contribution is 7.80. The van der Waals surface area contributed by atoms with E-state index in [1.165, 1.54) is 12.1 Å². The Kier molecular flexibility index (Phi) is 4.43. The van der Waals surface area contributed by atoms with Crippen LogP contribution in [0.25, 0.3) is 21.9 Å². The van der Waals surface area contributed by atoms with Crippen LogP contribution in [-0.4, -0.2) is 37.0 Å². The Labute approximate surface area is 143 Å². The lowest BCUT2D eigenvalue weighted by atomic mass is 10.1. The van der Waals surface area contributed by atoms with Gasteiger partial charge < -0.3 is 14.6 Å². The minimum absolute atomic E-state index is 0.105. The van der Waals surface area contributed by atoms with Gasteiger partial charge in [0.25, 0.3) is 11.3 Å². The van der Waals surface area contributed by atoms with Crippen LogP contribution < -0.4 is 4.31 Å². The van der Waals surface area contributed by atoms with Crippen LogP contribution in [0.15, 0.2) is 46.9 Å². The third-order valence-electron chi connectivity index (χ3n) is 3.72.